The van der Waals surface area contributed by atoms with Crippen LogP contribution in [0, 0.1) is 0 Å². The Labute approximate surface area is 441 Å². The van der Waals surface area contributed by atoms with Gasteiger partial charge in [-0.15, -0.1) is 0 Å². The van der Waals surface area contributed by atoms with E-state index in [-0.39, 0.29) is 54.4 Å². The van der Waals surface area contributed by atoms with Gasteiger partial charge in [0.2, 0.25) is 23.7 Å². The van der Waals surface area contributed by atoms with E-state index in [1.165, 1.54) is 18.1 Å². The van der Waals surface area contributed by atoms with Crippen LogP contribution in [0.3, 0.4) is 0 Å². The Morgan fingerprint density at radius 1 is 0.581 bits per heavy atom. The number of amides is 2. The highest BCUT2D eigenvalue weighted by atomic mass is 79.9. The van der Waals surface area contributed by atoms with Crippen LogP contribution in [0.1, 0.15) is 123 Å². The van der Waals surface area contributed by atoms with Gasteiger partial charge in [-0.25, -0.2) is 9.97 Å². The Morgan fingerprint density at radius 2 is 0.973 bits per heavy atom. The number of halogens is 1. The van der Waals surface area contributed by atoms with E-state index < -0.39 is 5.78 Å². The zero-order valence-electron chi connectivity index (χ0n) is 43.4. The van der Waals surface area contributed by atoms with E-state index in [4.69, 9.17) is 24.7 Å². The van der Waals surface area contributed by atoms with Crippen LogP contribution < -0.4 is 31.9 Å². The highest BCUT2D eigenvalue weighted by Crippen LogP contribution is 2.29. The van der Waals surface area contributed by atoms with Gasteiger partial charge in [-0.2, -0.15) is 19.9 Å². The lowest BCUT2D eigenvalue weighted by atomic mass is 9.90. The predicted molar refractivity (Wildman–Crippen MR) is 296 cm³/mol. The Bertz CT molecular complexity index is 2980. The molecule has 2 amide bonds. The van der Waals surface area contributed by atoms with E-state index in [2.05, 4.69) is 155 Å². The highest BCUT2D eigenvalue weighted by molar-refractivity contribution is 9.10. The number of rotatable bonds is 16. The SMILES string of the molecule is CC(=O)C=O.CC(=O)N[C@H]1CCCC[C@@H]1Nc1nc(NCc2ccc(-c3ccccc3)cc2)c2ncn(C(C)C)c2n1.CC(=O)N[C@H]1CCCC[C@@H]1Nc1nc(NCc2ccc(Br)cc2)c2ncn(C(C)C)c2n1. The van der Waals surface area contributed by atoms with Crippen LogP contribution in [-0.4, -0.2) is 87.1 Å². The molecule has 4 atom stereocenters. The summed E-state index contributed by atoms with van der Waals surface area (Å²) in [5.74, 6) is 2.07. The average Bonchev–Trinajstić information content (AvgIpc) is 4.03. The van der Waals surface area contributed by atoms with Crippen molar-refractivity contribution in [2.75, 3.05) is 21.3 Å². The van der Waals surface area contributed by atoms with Crippen molar-refractivity contribution >= 4 is 85.7 Å². The molecular formula is C55H69BrN14O4. The molecule has 2 fully saturated rings. The number of nitrogens with one attached hydrogen (secondary N) is 6. The second-order valence-corrected chi connectivity index (χ2v) is 20.4. The largest absolute Gasteiger partial charge is 0.364 e. The summed E-state index contributed by atoms with van der Waals surface area (Å²) in [4.78, 5) is 70.5. The van der Waals surface area contributed by atoms with Crippen molar-refractivity contribution in [3.8, 4) is 11.1 Å². The van der Waals surface area contributed by atoms with E-state index in [1.807, 2.05) is 30.9 Å². The topological polar surface area (TPSA) is 228 Å². The summed E-state index contributed by atoms with van der Waals surface area (Å²) in [7, 11) is 0. The van der Waals surface area contributed by atoms with Crippen LogP contribution in [0.25, 0.3) is 33.5 Å². The second-order valence-electron chi connectivity index (χ2n) is 19.4. The van der Waals surface area contributed by atoms with Crippen molar-refractivity contribution in [1.82, 2.24) is 49.7 Å². The molecule has 4 heterocycles. The van der Waals surface area contributed by atoms with Crippen LogP contribution in [0.4, 0.5) is 23.5 Å². The number of ketones is 1. The molecule has 0 unspecified atom stereocenters. The number of hydrogen-bond acceptors (Lipinski definition) is 14. The third-order valence-electron chi connectivity index (χ3n) is 13.0. The first-order valence-electron chi connectivity index (χ1n) is 25.5. The fourth-order valence-corrected chi connectivity index (χ4v) is 9.45. The molecule has 2 aliphatic carbocycles. The van der Waals surface area contributed by atoms with Gasteiger partial charge in [0, 0.05) is 74.6 Å². The Hall–Kier alpha value is -7.28. The van der Waals surface area contributed by atoms with E-state index in [1.54, 1.807) is 13.8 Å². The van der Waals surface area contributed by atoms with Crippen LogP contribution in [0.15, 0.2) is 96.0 Å². The van der Waals surface area contributed by atoms with Gasteiger partial charge in [0.25, 0.3) is 0 Å². The minimum Gasteiger partial charge on any atom is -0.364 e. The molecule has 7 aromatic rings. The van der Waals surface area contributed by atoms with Gasteiger partial charge < -0.3 is 41.0 Å². The molecule has 19 heteroatoms. The highest BCUT2D eigenvalue weighted by Gasteiger charge is 2.29. The predicted octanol–water partition coefficient (Wildman–Crippen LogP) is 9.96. The number of hydrogen-bond donors (Lipinski definition) is 6. The van der Waals surface area contributed by atoms with Crippen molar-refractivity contribution in [2.45, 2.75) is 149 Å². The number of aldehydes is 1. The van der Waals surface area contributed by atoms with Gasteiger partial charge >= 0.3 is 0 Å². The molecule has 2 aliphatic rings. The summed E-state index contributed by atoms with van der Waals surface area (Å²) in [5, 5.41) is 20.2. The smallest absolute Gasteiger partial charge is 0.227 e. The number of fused-ring (bicyclic) bond motifs is 2. The molecule has 18 nitrogen and oxygen atoms in total. The number of carbonyl (C=O) groups is 4. The minimum absolute atomic E-state index is 0.00481. The molecule has 0 saturated heterocycles. The maximum atomic E-state index is 11.8. The van der Waals surface area contributed by atoms with Crippen LogP contribution in [-0.2, 0) is 32.3 Å². The zero-order valence-corrected chi connectivity index (χ0v) is 44.9. The zero-order chi connectivity index (χ0) is 52.7. The summed E-state index contributed by atoms with van der Waals surface area (Å²) in [6.45, 7) is 14.1. The van der Waals surface area contributed by atoms with Gasteiger partial charge in [0.15, 0.2) is 46.0 Å². The van der Waals surface area contributed by atoms with Gasteiger partial charge in [-0.3, -0.25) is 19.2 Å². The molecule has 74 heavy (non-hydrogen) atoms. The molecule has 390 valence electrons. The van der Waals surface area contributed by atoms with E-state index in [0.29, 0.717) is 36.6 Å². The van der Waals surface area contributed by atoms with Crippen LogP contribution in [0.2, 0.25) is 0 Å². The molecule has 0 spiro atoms. The monoisotopic (exact) mass is 1070 g/mol. The quantitative estimate of drug-likeness (QED) is 0.0391. The summed E-state index contributed by atoms with van der Waals surface area (Å²) < 4.78 is 5.17. The summed E-state index contributed by atoms with van der Waals surface area (Å²) in [6, 6.07) is 27.9. The maximum absolute atomic E-state index is 11.8. The fourth-order valence-electron chi connectivity index (χ4n) is 9.19. The first-order chi connectivity index (χ1) is 35.6. The van der Waals surface area contributed by atoms with E-state index >= 15 is 0 Å². The lowest BCUT2D eigenvalue weighted by Gasteiger charge is -2.32. The lowest BCUT2D eigenvalue weighted by molar-refractivity contribution is -0.128. The van der Waals surface area contributed by atoms with Crippen molar-refractivity contribution in [3.63, 3.8) is 0 Å². The number of aromatic nitrogens is 8. The third-order valence-corrected chi connectivity index (χ3v) is 13.5. The number of Topliss-reactive ketones (excluding diaryl/α,β-unsaturated/α-hetero) is 1. The molecule has 2 saturated carbocycles. The average molecular weight is 1070 g/mol. The minimum atomic E-state index is -0.426. The molecule has 0 aliphatic heterocycles. The van der Waals surface area contributed by atoms with E-state index in [0.717, 1.165) is 89.3 Å². The number of carbonyl (C=O) groups excluding carboxylic acids is 4. The lowest BCUT2D eigenvalue weighted by Crippen LogP contribution is -2.48. The molecule has 3 aromatic carbocycles. The summed E-state index contributed by atoms with van der Waals surface area (Å²) in [6.07, 6.45) is 12.2. The third kappa shape index (κ3) is 14.9. The van der Waals surface area contributed by atoms with E-state index in [9.17, 15) is 14.4 Å². The maximum Gasteiger partial charge on any atom is 0.227 e. The number of nitrogens with zero attached hydrogens (tertiary/aromatic N) is 8. The normalized spacial score (nSPS) is 17.3. The number of benzene rings is 3. The fraction of sp³-hybridized carbons (Fsp3) is 0.418. The van der Waals surface area contributed by atoms with Gasteiger partial charge in [-0.1, -0.05) is 108 Å². The van der Waals surface area contributed by atoms with Crippen molar-refractivity contribution in [3.05, 3.63) is 107 Å². The molecule has 9 rings (SSSR count). The van der Waals surface area contributed by atoms with Gasteiger partial charge in [0.05, 0.1) is 12.7 Å². The van der Waals surface area contributed by atoms with Crippen molar-refractivity contribution in [1.29, 1.82) is 0 Å². The standard InChI is InChI=1S/C29H35N7O.C23H30BrN7O.C3H4O2/c1-19(2)36-18-31-26-27(30-17-21-13-15-23(16-14-21)22-9-5-4-6-10-22)34-29(35-28(26)36)33-25-12-8-7-11-24(25)32-20(3)37;1-14(2)31-13-26-20-21(25-12-16-8-10-17(24)11-9-16)29-23(30-22(20)31)28-19-7-5-4-6-18(19)27-15(3)32;1-3(5)2-4/h4-6,9-10,13-16,18-19,24-25H,7-8,11-12,17H2,1-3H3,(H,32,37)(H2,30,33,34,35);8-11,13-14,18-19H,4-7,12H2,1-3H3,(H,27,32)(H2,25,28,29,30);2H,1H3/t24-,25-;18-,19-;/m00./s1. The molecule has 4 aromatic heterocycles. The molecule has 6 N–H and O–H groups in total. The Balaban J connectivity index is 0.000000200. The second kappa shape index (κ2) is 26.1. The number of imidazole rings is 2. The Morgan fingerprint density at radius 3 is 1.36 bits per heavy atom. The van der Waals surface area contributed by atoms with Crippen LogP contribution >= 0.6 is 15.9 Å². The Kier molecular flexibility index (Phi) is 19.2. The molecule has 0 radical (unpaired) electrons. The van der Waals surface area contributed by atoms with Crippen molar-refractivity contribution < 1.29 is 19.2 Å². The summed E-state index contributed by atoms with van der Waals surface area (Å²) >= 11 is 3.48. The molecular weight excluding hydrogens is 1000 g/mol. The van der Waals surface area contributed by atoms with Crippen molar-refractivity contribution in [2.24, 2.45) is 0 Å². The van der Waals surface area contributed by atoms with Gasteiger partial charge in [-0.05, 0) is 87.8 Å². The first kappa shape index (κ1) is 54.5. The van der Waals surface area contributed by atoms with Gasteiger partial charge in [0.1, 0.15) is 0 Å². The number of anilines is 4. The first-order valence-corrected chi connectivity index (χ1v) is 26.3. The summed E-state index contributed by atoms with van der Waals surface area (Å²) in [5.41, 5.74) is 7.79. The molecule has 0 bridgehead atoms. The van der Waals surface area contributed by atoms with Crippen LogP contribution in [0.5, 0.6) is 0 Å².